The van der Waals surface area contributed by atoms with Crippen LogP contribution in [0.4, 0.5) is 0 Å². The number of nitrogens with one attached hydrogen (secondary N) is 3. The molecule has 7 heteroatoms. The summed E-state index contributed by atoms with van der Waals surface area (Å²) in [6, 6.07) is 14.4. The molecule has 1 aliphatic carbocycles. The van der Waals surface area contributed by atoms with Crippen molar-refractivity contribution in [3.05, 3.63) is 59.9 Å². The number of carbonyl (C=O) groups is 1. The van der Waals surface area contributed by atoms with Gasteiger partial charge in [0, 0.05) is 38.3 Å². The number of aliphatic imine (C=N–C) groups is 1. The van der Waals surface area contributed by atoms with Crippen LogP contribution in [0.25, 0.3) is 0 Å². The van der Waals surface area contributed by atoms with Gasteiger partial charge < -0.3 is 15.2 Å². The summed E-state index contributed by atoms with van der Waals surface area (Å²) < 4.78 is 1.83. The summed E-state index contributed by atoms with van der Waals surface area (Å²) in [7, 11) is 3.53. The molecule has 0 radical (unpaired) electrons. The highest BCUT2D eigenvalue weighted by molar-refractivity contribution is 5.92. The number of hydrogen-bond acceptors (Lipinski definition) is 3. The third-order valence-electron chi connectivity index (χ3n) is 5.83. The molecule has 1 fully saturated rings. The van der Waals surface area contributed by atoms with Crippen molar-refractivity contribution < 1.29 is 4.79 Å². The third kappa shape index (κ3) is 4.77. The van der Waals surface area contributed by atoms with Gasteiger partial charge in [0.1, 0.15) is 5.69 Å². The van der Waals surface area contributed by atoms with Crippen LogP contribution in [0.5, 0.6) is 0 Å². The van der Waals surface area contributed by atoms with E-state index in [0.29, 0.717) is 18.2 Å². The van der Waals surface area contributed by atoms with Gasteiger partial charge >= 0.3 is 0 Å². The van der Waals surface area contributed by atoms with Crippen molar-refractivity contribution in [2.24, 2.45) is 12.0 Å². The molecule has 3 rings (SSSR count). The monoisotopic (exact) mass is 392 g/mol. The average Bonchev–Trinajstić information content (AvgIpc) is 3.19. The number of nitrogens with zero attached hydrogens (tertiary/aromatic N) is 3. The maximum absolute atomic E-state index is 12.7. The van der Waals surface area contributed by atoms with E-state index < -0.39 is 0 Å². The Labute approximate surface area is 171 Å². The fraction of sp³-hybridized carbons (Fsp3) is 0.409. The molecular weight excluding hydrogens is 364 g/mol. The molecule has 1 aromatic heterocycles. The fourth-order valence-corrected chi connectivity index (χ4v) is 4.11. The van der Waals surface area contributed by atoms with Gasteiger partial charge in [-0.1, -0.05) is 30.3 Å². The molecule has 152 valence electrons. The Hall–Kier alpha value is -3.27. The number of aromatic nitrogens is 1. The summed E-state index contributed by atoms with van der Waals surface area (Å²) in [4.78, 5) is 16.7. The third-order valence-corrected chi connectivity index (χ3v) is 5.83. The van der Waals surface area contributed by atoms with E-state index in [1.165, 1.54) is 5.56 Å². The number of carbonyl (C=O) groups excluding carboxylic acids is 1. The molecule has 0 spiro atoms. The number of aryl methyl sites for hydroxylation is 1. The van der Waals surface area contributed by atoms with E-state index in [1.54, 1.807) is 7.05 Å². The zero-order valence-corrected chi connectivity index (χ0v) is 17.0. The molecule has 1 aliphatic rings. The van der Waals surface area contributed by atoms with Crippen LogP contribution in [-0.2, 0) is 12.5 Å². The fourth-order valence-electron chi connectivity index (χ4n) is 4.11. The summed E-state index contributed by atoms with van der Waals surface area (Å²) in [5.41, 5.74) is 1.81. The minimum absolute atomic E-state index is 0.0494. The molecule has 1 saturated carbocycles. The highest BCUT2D eigenvalue weighted by Gasteiger charge is 2.37. The summed E-state index contributed by atoms with van der Waals surface area (Å²) in [5, 5.41) is 17.9. The second kappa shape index (κ2) is 9.28. The summed E-state index contributed by atoms with van der Waals surface area (Å²) in [5.74, 6) is 0.452. The smallest absolute Gasteiger partial charge is 0.267 e. The van der Waals surface area contributed by atoms with E-state index >= 15 is 0 Å². The van der Waals surface area contributed by atoms with Crippen LogP contribution in [0.1, 0.15) is 41.7 Å². The van der Waals surface area contributed by atoms with Gasteiger partial charge in [-0.3, -0.25) is 15.1 Å². The highest BCUT2D eigenvalue weighted by atomic mass is 16.1. The first-order valence-electron chi connectivity index (χ1n) is 9.91. The van der Waals surface area contributed by atoms with Crippen molar-refractivity contribution >= 4 is 11.9 Å². The van der Waals surface area contributed by atoms with E-state index in [9.17, 15) is 4.79 Å². The number of nitriles is 1. The number of guanidine groups is 1. The van der Waals surface area contributed by atoms with Crippen LogP contribution in [0.15, 0.2) is 53.7 Å². The van der Waals surface area contributed by atoms with Gasteiger partial charge in [0.25, 0.3) is 5.91 Å². The molecule has 0 bridgehead atoms. The summed E-state index contributed by atoms with van der Waals surface area (Å²) in [6.45, 7) is 0.596. The van der Waals surface area contributed by atoms with Gasteiger partial charge in [-0.05, 0) is 43.4 Å². The Balaban J connectivity index is 1.71. The second-order valence-corrected chi connectivity index (χ2v) is 7.56. The SMILES string of the molecule is CN=C(NC#N)NC1CCC(CNC(=O)c2cccn2C)(c2ccccc2)CC1. The number of benzene rings is 1. The lowest BCUT2D eigenvalue weighted by Gasteiger charge is -2.41. The van der Waals surface area contributed by atoms with E-state index in [1.807, 2.05) is 42.2 Å². The molecule has 0 atom stereocenters. The molecule has 0 saturated heterocycles. The lowest BCUT2D eigenvalue weighted by Crippen LogP contribution is -2.49. The molecule has 0 unspecified atom stereocenters. The predicted molar refractivity (Wildman–Crippen MR) is 113 cm³/mol. The lowest BCUT2D eigenvalue weighted by atomic mass is 9.68. The van der Waals surface area contributed by atoms with Crippen molar-refractivity contribution in [1.29, 1.82) is 5.26 Å². The van der Waals surface area contributed by atoms with Gasteiger partial charge in [0.2, 0.25) is 5.96 Å². The lowest BCUT2D eigenvalue weighted by molar-refractivity contribution is 0.0927. The van der Waals surface area contributed by atoms with E-state index in [-0.39, 0.29) is 17.4 Å². The molecule has 29 heavy (non-hydrogen) atoms. The Morgan fingerprint density at radius 3 is 2.55 bits per heavy atom. The van der Waals surface area contributed by atoms with E-state index in [2.05, 4.69) is 45.2 Å². The highest BCUT2D eigenvalue weighted by Crippen LogP contribution is 2.39. The normalized spacial score (nSPS) is 21.8. The van der Waals surface area contributed by atoms with Crippen LogP contribution in [0.2, 0.25) is 0 Å². The van der Waals surface area contributed by atoms with Crippen molar-refractivity contribution in [2.45, 2.75) is 37.1 Å². The zero-order chi connectivity index (χ0) is 20.7. The predicted octanol–water partition coefficient (Wildman–Crippen LogP) is 2.28. The molecular formula is C22H28N6O. The van der Waals surface area contributed by atoms with Crippen molar-refractivity contribution in [1.82, 2.24) is 20.5 Å². The van der Waals surface area contributed by atoms with E-state index in [0.717, 1.165) is 25.7 Å². The molecule has 3 N–H and O–H groups in total. The van der Waals surface area contributed by atoms with Crippen LogP contribution in [-0.4, -0.2) is 36.1 Å². The summed E-state index contributed by atoms with van der Waals surface area (Å²) in [6.07, 6.45) is 7.52. The van der Waals surface area contributed by atoms with Crippen LogP contribution < -0.4 is 16.0 Å². The van der Waals surface area contributed by atoms with Gasteiger partial charge in [-0.25, -0.2) is 0 Å². The minimum Gasteiger partial charge on any atom is -0.353 e. The van der Waals surface area contributed by atoms with Crippen molar-refractivity contribution in [3.63, 3.8) is 0 Å². The average molecular weight is 393 g/mol. The van der Waals surface area contributed by atoms with Gasteiger partial charge in [-0.15, -0.1) is 0 Å². The maximum atomic E-state index is 12.7. The van der Waals surface area contributed by atoms with Crippen molar-refractivity contribution in [3.8, 4) is 6.19 Å². The Bertz CT molecular complexity index is 888. The molecule has 7 nitrogen and oxygen atoms in total. The first-order valence-corrected chi connectivity index (χ1v) is 9.91. The van der Waals surface area contributed by atoms with Crippen LogP contribution in [0.3, 0.4) is 0 Å². The Kier molecular flexibility index (Phi) is 6.55. The largest absolute Gasteiger partial charge is 0.353 e. The van der Waals surface area contributed by atoms with Crippen LogP contribution >= 0.6 is 0 Å². The molecule has 1 aromatic carbocycles. The van der Waals surface area contributed by atoms with Crippen molar-refractivity contribution in [2.75, 3.05) is 13.6 Å². The quantitative estimate of drug-likeness (QED) is 0.315. The standard InChI is InChI=1S/C22H28N6O/c1-24-21(26-16-23)27-18-10-12-22(13-11-18,17-7-4-3-5-8-17)15-25-20(29)19-9-6-14-28(19)2/h3-9,14,18H,10-13,15H2,1-2H3,(H,25,29)(H2,24,26,27). The van der Waals surface area contributed by atoms with Gasteiger partial charge in [-0.2, -0.15) is 5.26 Å². The topological polar surface area (TPSA) is 94.2 Å². The maximum Gasteiger partial charge on any atom is 0.267 e. The molecule has 1 heterocycles. The number of hydrogen-bond donors (Lipinski definition) is 3. The van der Waals surface area contributed by atoms with Gasteiger partial charge in [0.15, 0.2) is 6.19 Å². The first-order chi connectivity index (χ1) is 14.1. The number of rotatable bonds is 5. The Morgan fingerprint density at radius 2 is 1.97 bits per heavy atom. The molecule has 1 amide bonds. The zero-order valence-electron chi connectivity index (χ0n) is 17.0. The summed E-state index contributed by atoms with van der Waals surface area (Å²) >= 11 is 0. The second-order valence-electron chi connectivity index (χ2n) is 7.56. The Morgan fingerprint density at radius 1 is 1.24 bits per heavy atom. The van der Waals surface area contributed by atoms with Gasteiger partial charge in [0.05, 0.1) is 0 Å². The van der Waals surface area contributed by atoms with Crippen LogP contribution in [0, 0.1) is 11.5 Å². The molecule has 2 aromatic rings. The van der Waals surface area contributed by atoms with E-state index in [4.69, 9.17) is 5.26 Å². The number of amides is 1. The first kappa shape index (κ1) is 20.5. The molecule has 0 aliphatic heterocycles. The minimum atomic E-state index is -0.105.